The quantitative estimate of drug-likeness (QED) is 0.230. The standard InChI is InChI=1S/C35H43N3O3/c1-34(2,3)41-32(39)30-17-12-16-29(25-30)26-37-27-38(31-18-8-5-9-19-31)35(33(37)40)20-23-36(24-21-35)22-11-10-15-28-13-6-4-7-14-28/h4-9,12-14,16-19,25H,10-11,15,20-24,26-27H2,1-3H3. The van der Waals surface area contributed by atoms with E-state index < -0.39 is 11.1 Å². The van der Waals surface area contributed by atoms with Gasteiger partial charge in [0.1, 0.15) is 11.1 Å². The van der Waals surface area contributed by atoms with Gasteiger partial charge in [-0.1, -0.05) is 60.7 Å². The van der Waals surface area contributed by atoms with Crippen LogP contribution in [0.25, 0.3) is 0 Å². The fraction of sp³-hybridized carbons (Fsp3) is 0.429. The van der Waals surface area contributed by atoms with E-state index in [1.165, 1.54) is 18.4 Å². The van der Waals surface area contributed by atoms with Crippen molar-refractivity contribution < 1.29 is 14.3 Å². The molecule has 5 rings (SSSR count). The number of para-hydroxylation sites is 1. The van der Waals surface area contributed by atoms with Gasteiger partial charge in [0.05, 0.1) is 12.2 Å². The third kappa shape index (κ3) is 6.99. The van der Waals surface area contributed by atoms with Crippen molar-refractivity contribution in [1.29, 1.82) is 0 Å². The largest absolute Gasteiger partial charge is 0.456 e. The van der Waals surface area contributed by atoms with Gasteiger partial charge in [-0.15, -0.1) is 0 Å². The first-order chi connectivity index (χ1) is 19.7. The number of unbranched alkanes of at least 4 members (excludes halogenated alkanes) is 1. The van der Waals surface area contributed by atoms with Crippen LogP contribution in [0.15, 0.2) is 84.9 Å². The molecule has 2 saturated heterocycles. The third-order valence-corrected chi connectivity index (χ3v) is 8.23. The summed E-state index contributed by atoms with van der Waals surface area (Å²) >= 11 is 0. The molecule has 0 aliphatic carbocycles. The summed E-state index contributed by atoms with van der Waals surface area (Å²) in [5.41, 5.74) is 2.84. The smallest absolute Gasteiger partial charge is 0.338 e. The number of benzene rings is 3. The van der Waals surface area contributed by atoms with E-state index >= 15 is 0 Å². The first-order valence-corrected chi connectivity index (χ1v) is 14.9. The monoisotopic (exact) mass is 553 g/mol. The van der Waals surface area contributed by atoms with E-state index in [-0.39, 0.29) is 11.9 Å². The lowest BCUT2D eigenvalue weighted by Crippen LogP contribution is -2.56. The summed E-state index contributed by atoms with van der Waals surface area (Å²) in [6.45, 7) is 9.51. The van der Waals surface area contributed by atoms with Gasteiger partial charge in [-0.2, -0.15) is 0 Å². The number of hydrogen-bond donors (Lipinski definition) is 0. The fourth-order valence-corrected chi connectivity index (χ4v) is 6.13. The maximum Gasteiger partial charge on any atom is 0.338 e. The summed E-state index contributed by atoms with van der Waals surface area (Å²) in [7, 11) is 0. The van der Waals surface area contributed by atoms with Gasteiger partial charge in [-0.3, -0.25) is 4.79 Å². The van der Waals surface area contributed by atoms with Crippen LogP contribution in [-0.4, -0.2) is 59.1 Å². The van der Waals surface area contributed by atoms with Crippen molar-refractivity contribution in [3.05, 3.63) is 102 Å². The Hall–Kier alpha value is -3.64. The minimum atomic E-state index is -0.558. The molecule has 6 nitrogen and oxygen atoms in total. The average Bonchev–Trinajstić information content (AvgIpc) is 3.23. The number of amides is 1. The van der Waals surface area contributed by atoms with Crippen LogP contribution in [0.4, 0.5) is 5.69 Å². The van der Waals surface area contributed by atoms with Crippen molar-refractivity contribution in [3.8, 4) is 0 Å². The summed E-state index contributed by atoms with van der Waals surface area (Å²) < 4.78 is 5.57. The predicted octanol–water partition coefficient (Wildman–Crippen LogP) is 6.31. The van der Waals surface area contributed by atoms with Gasteiger partial charge >= 0.3 is 5.97 Å². The summed E-state index contributed by atoms with van der Waals surface area (Å²) in [5.74, 6) is -0.154. The van der Waals surface area contributed by atoms with Crippen LogP contribution >= 0.6 is 0 Å². The molecule has 216 valence electrons. The second kappa shape index (κ2) is 12.5. The third-order valence-electron chi connectivity index (χ3n) is 8.23. The van der Waals surface area contributed by atoms with E-state index in [0.29, 0.717) is 18.8 Å². The molecule has 2 aliphatic rings. The lowest BCUT2D eigenvalue weighted by atomic mass is 9.85. The Morgan fingerprint density at radius 2 is 1.51 bits per heavy atom. The van der Waals surface area contributed by atoms with Gasteiger partial charge in [0, 0.05) is 25.3 Å². The van der Waals surface area contributed by atoms with E-state index in [9.17, 15) is 9.59 Å². The topological polar surface area (TPSA) is 53.1 Å². The first kappa shape index (κ1) is 28.9. The van der Waals surface area contributed by atoms with Gasteiger partial charge in [-0.05, 0) is 94.8 Å². The molecule has 1 amide bonds. The minimum Gasteiger partial charge on any atom is -0.456 e. The molecule has 6 heteroatoms. The number of nitrogens with zero attached hydrogens (tertiary/aromatic N) is 3. The van der Waals surface area contributed by atoms with Gasteiger partial charge in [0.2, 0.25) is 5.91 Å². The highest BCUT2D eigenvalue weighted by molar-refractivity contribution is 5.94. The molecule has 0 radical (unpaired) electrons. The fourth-order valence-electron chi connectivity index (χ4n) is 6.13. The molecule has 0 unspecified atom stereocenters. The Labute approximate surface area is 244 Å². The number of esters is 1. The maximum absolute atomic E-state index is 14.2. The highest BCUT2D eigenvalue weighted by Crippen LogP contribution is 2.40. The number of anilines is 1. The molecule has 0 saturated carbocycles. The number of rotatable bonds is 9. The molecule has 0 atom stereocenters. The van der Waals surface area contributed by atoms with Gasteiger partial charge in [0.25, 0.3) is 0 Å². The van der Waals surface area contributed by atoms with Crippen molar-refractivity contribution in [1.82, 2.24) is 9.80 Å². The molecule has 3 aromatic carbocycles. The number of hydrogen-bond acceptors (Lipinski definition) is 5. The van der Waals surface area contributed by atoms with Crippen LogP contribution in [0.2, 0.25) is 0 Å². The summed E-state index contributed by atoms with van der Waals surface area (Å²) in [4.78, 5) is 33.7. The molecule has 2 heterocycles. The highest BCUT2D eigenvalue weighted by Gasteiger charge is 2.53. The van der Waals surface area contributed by atoms with Crippen molar-refractivity contribution in [2.75, 3.05) is 31.2 Å². The lowest BCUT2D eigenvalue weighted by Gasteiger charge is -2.43. The van der Waals surface area contributed by atoms with Crippen molar-refractivity contribution >= 4 is 17.6 Å². The van der Waals surface area contributed by atoms with Crippen LogP contribution in [0.3, 0.4) is 0 Å². The van der Waals surface area contributed by atoms with E-state index in [0.717, 1.165) is 50.1 Å². The minimum absolute atomic E-state index is 0.188. The number of carbonyl (C=O) groups excluding carboxylic acids is 2. The van der Waals surface area contributed by atoms with Crippen LogP contribution in [0, 0.1) is 0 Å². The van der Waals surface area contributed by atoms with Gasteiger partial charge in [-0.25, -0.2) is 4.79 Å². The Bertz CT molecular complexity index is 1310. The van der Waals surface area contributed by atoms with Gasteiger partial charge in [0.15, 0.2) is 0 Å². The normalized spacial score (nSPS) is 17.3. The zero-order valence-electron chi connectivity index (χ0n) is 24.7. The Morgan fingerprint density at radius 1 is 0.854 bits per heavy atom. The van der Waals surface area contributed by atoms with E-state index in [4.69, 9.17) is 4.74 Å². The second-order valence-corrected chi connectivity index (χ2v) is 12.4. The van der Waals surface area contributed by atoms with Crippen LogP contribution in [0.1, 0.15) is 67.9 Å². The molecule has 2 fully saturated rings. The first-order valence-electron chi connectivity index (χ1n) is 14.9. The lowest BCUT2D eigenvalue weighted by molar-refractivity contribution is -0.134. The molecule has 41 heavy (non-hydrogen) atoms. The van der Waals surface area contributed by atoms with E-state index in [1.54, 1.807) is 6.07 Å². The average molecular weight is 554 g/mol. The molecular weight excluding hydrogens is 510 g/mol. The summed E-state index contributed by atoms with van der Waals surface area (Å²) in [5, 5.41) is 0. The van der Waals surface area contributed by atoms with Crippen LogP contribution < -0.4 is 4.90 Å². The number of likely N-dealkylation sites (tertiary alicyclic amines) is 1. The second-order valence-electron chi connectivity index (χ2n) is 12.4. The zero-order chi connectivity index (χ0) is 28.9. The number of carbonyl (C=O) groups is 2. The maximum atomic E-state index is 14.2. The molecule has 1 spiro atoms. The molecule has 0 N–H and O–H groups in total. The highest BCUT2D eigenvalue weighted by atomic mass is 16.6. The van der Waals surface area contributed by atoms with Crippen LogP contribution in [-0.2, 0) is 22.5 Å². The SMILES string of the molecule is CC(C)(C)OC(=O)c1cccc(CN2CN(c3ccccc3)C3(CCN(CCCCc4ccccc4)CC3)C2=O)c1. The summed E-state index contributed by atoms with van der Waals surface area (Å²) in [6, 6.07) is 28.5. The Balaban J connectivity index is 1.25. The van der Waals surface area contributed by atoms with Crippen molar-refractivity contribution in [3.63, 3.8) is 0 Å². The molecule has 0 bridgehead atoms. The Morgan fingerprint density at radius 3 is 2.20 bits per heavy atom. The van der Waals surface area contributed by atoms with E-state index in [1.807, 2.05) is 62.1 Å². The van der Waals surface area contributed by atoms with Crippen molar-refractivity contribution in [2.24, 2.45) is 0 Å². The molecule has 3 aromatic rings. The summed E-state index contributed by atoms with van der Waals surface area (Å²) in [6.07, 6.45) is 5.08. The Kier molecular flexibility index (Phi) is 8.79. The number of aryl methyl sites for hydroxylation is 1. The molecule has 0 aromatic heterocycles. The number of piperidine rings is 1. The zero-order valence-corrected chi connectivity index (χ0v) is 24.7. The van der Waals surface area contributed by atoms with Crippen LogP contribution in [0.5, 0.6) is 0 Å². The molecular formula is C35H43N3O3. The predicted molar refractivity (Wildman–Crippen MR) is 164 cm³/mol. The van der Waals surface area contributed by atoms with Gasteiger partial charge < -0.3 is 19.4 Å². The molecule has 2 aliphatic heterocycles. The van der Waals surface area contributed by atoms with E-state index in [2.05, 4.69) is 52.3 Å². The van der Waals surface area contributed by atoms with Crippen molar-refractivity contribution in [2.45, 2.75) is 70.6 Å². The number of ether oxygens (including phenoxy) is 1.